The van der Waals surface area contributed by atoms with Crippen LogP contribution in [-0.4, -0.2) is 46.4 Å². The van der Waals surface area contributed by atoms with Crippen LogP contribution < -0.4 is 15.5 Å². The summed E-state index contributed by atoms with van der Waals surface area (Å²) in [6.07, 6.45) is 2.05. The third-order valence-corrected chi connectivity index (χ3v) is 3.47. The highest BCUT2D eigenvalue weighted by Gasteiger charge is 2.05. The third-order valence-electron chi connectivity index (χ3n) is 3.47. The van der Waals surface area contributed by atoms with Crippen LogP contribution >= 0.6 is 0 Å². The summed E-state index contributed by atoms with van der Waals surface area (Å²) in [6, 6.07) is 5.24. The van der Waals surface area contributed by atoms with E-state index in [1.54, 1.807) is 17.0 Å². The number of halogens is 1. The maximum atomic E-state index is 14.0. The first-order valence-electron chi connectivity index (χ1n) is 8.64. The van der Waals surface area contributed by atoms with Crippen molar-refractivity contribution in [2.45, 2.75) is 33.2 Å². The number of unbranched alkanes of at least 4 members (excludes halogenated alkanes) is 1. The summed E-state index contributed by atoms with van der Waals surface area (Å²) in [5, 5.41) is 6.50. The van der Waals surface area contributed by atoms with E-state index in [2.05, 4.69) is 15.6 Å². The quantitative estimate of drug-likeness (QED) is 0.391. The van der Waals surface area contributed by atoms with Crippen molar-refractivity contribution in [3.63, 3.8) is 0 Å². The van der Waals surface area contributed by atoms with Crippen molar-refractivity contribution in [3.05, 3.63) is 29.6 Å². The summed E-state index contributed by atoms with van der Waals surface area (Å²) >= 11 is 0. The third kappa shape index (κ3) is 7.64. The van der Waals surface area contributed by atoms with Gasteiger partial charge in [0.05, 0.1) is 12.2 Å². The maximum absolute atomic E-state index is 14.0. The Hall–Kier alpha value is -1.82. The molecule has 0 radical (unpaired) electrons. The number of rotatable bonds is 10. The molecule has 0 atom stereocenters. The molecule has 0 amide bonds. The molecule has 6 heteroatoms. The van der Waals surface area contributed by atoms with E-state index in [0.717, 1.165) is 50.7 Å². The highest BCUT2D eigenvalue weighted by Crippen LogP contribution is 2.18. The van der Waals surface area contributed by atoms with E-state index in [-0.39, 0.29) is 5.82 Å². The predicted octanol–water partition coefficient (Wildman–Crippen LogP) is 2.76. The lowest BCUT2D eigenvalue weighted by molar-refractivity contribution is 0.143. The number of benzene rings is 1. The molecule has 0 spiro atoms. The summed E-state index contributed by atoms with van der Waals surface area (Å²) in [7, 11) is 3.66. The second-order valence-corrected chi connectivity index (χ2v) is 5.71. The molecule has 2 N–H and O–H groups in total. The van der Waals surface area contributed by atoms with Crippen LogP contribution in [0.5, 0.6) is 0 Å². The van der Waals surface area contributed by atoms with Crippen LogP contribution in [0.1, 0.15) is 32.3 Å². The monoisotopic (exact) mass is 338 g/mol. The number of nitrogens with zero attached hydrogens (tertiary/aromatic N) is 2. The Bertz CT molecular complexity index is 506. The Labute approximate surface area is 145 Å². The van der Waals surface area contributed by atoms with Gasteiger partial charge in [0.25, 0.3) is 0 Å². The standard InChI is InChI=1S/C18H31FN4O/c1-5-20-18(21-11-7-8-12-24-6-2)22-14-15-9-10-17(23(3)4)16(19)13-15/h9-10,13H,5-8,11-12,14H2,1-4H3,(H2,20,21,22). The number of hydrogen-bond acceptors (Lipinski definition) is 3. The zero-order valence-corrected chi connectivity index (χ0v) is 15.4. The second kappa shape index (κ2) is 11.7. The first-order chi connectivity index (χ1) is 11.6. The summed E-state index contributed by atoms with van der Waals surface area (Å²) in [5.74, 6) is 0.535. The zero-order valence-electron chi connectivity index (χ0n) is 15.4. The van der Waals surface area contributed by atoms with E-state index >= 15 is 0 Å². The Morgan fingerprint density at radius 3 is 2.62 bits per heavy atom. The molecule has 136 valence electrons. The van der Waals surface area contributed by atoms with Crippen LogP contribution in [-0.2, 0) is 11.3 Å². The second-order valence-electron chi connectivity index (χ2n) is 5.71. The average molecular weight is 338 g/mol. The molecular weight excluding hydrogens is 307 g/mol. The van der Waals surface area contributed by atoms with Crippen molar-refractivity contribution in [2.75, 3.05) is 45.3 Å². The Kier molecular flexibility index (Phi) is 9.84. The van der Waals surface area contributed by atoms with Gasteiger partial charge in [0.15, 0.2) is 5.96 Å². The summed E-state index contributed by atoms with van der Waals surface area (Å²) in [6.45, 7) is 7.66. The van der Waals surface area contributed by atoms with Crippen LogP contribution in [0, 0.1) is 5.82 Å². The van der Waals surface area contributed by atoms with Gasteiger partial charge in [0, 0.05) is 40.4 Å². The number of guanidine groups is 1. The topological polar surface area (TPSA) is 48.9 Å². The molecule has 0 bridgehead atoms. The average Bonchev–Trinajstić information content (AvgIpc) is 2.55. The van der Waals surface area contributed by atoms with Crippen LogP contribution in [0.4, 0.5) is 10.1 Å². The maximum Gasteiger partial charge on any atom is 0.191 e. The lowest BCUT2D eigenvalue weighted by Crippen LogP contribution is -2.37. The van der Waals surface area contributed by atoms with Crippen molar-refractivity contribution >= 4 is 11.6 Å². The number of ether oxygens (including phenoxy) is 1. The number of aliphatic imine (C=N–C) groups is 1. The SMILES string of the molecule is CCNC(=NCc1ccc(N(C)C)c(F)c1)NCCCCOCC. The van der Waals surface area contributed by atoms with Gasteiger partial charge < -0.3 is 20.3 Å². The van der Waals surface area contributed by atoms with Crippen LogP contribution in [0.2, 0.25) is 0 Å². The molecule has 0 aliphatic carbocycles. The van der Waals surface area contributed by atoms with Crippen molar-refractivity contribution < 1.29 is 9.13 Å². The van der Waals surface area contributed by atoms with Crippen LogP contribution in [0.25, 0.3) is 0 Å². The molecule has 0 fully saturated rings. The molecule has 1 rings (SSSR count). The molecule has 0 saturated heterocycles. The zero-order chi connectivity index (χ0) is 17.8. The van der Waals surface area contributed by atoms with Gasteiger partial charge in [-0.3, -0.25) is 0 Å². The molecule has 0 aliphatic rings. The van der Waals surface area contributed by atoms with Crippen molar-refractivity contribution in [3.8, 4) is 0 Å². The van der Waals surface area contributed by atoms with Gasteiger partial charge in [-0.1, -0.05) is 6.07 Å². The first-order valence-corrected chi connectivity index (χ1v) is 8.64. The molecule has 0 unspecified atom stereocenters. The molecule has 1 aromatic rings. The Balaban J connectivity index is 2.51. The molecule has 5 nitrogen and oxygen atoms in total. The van der Waals surface area contributed by atoms with Gasteiger partial charge in [-0.05, 0) is 44.4 Å². The minimum Gasteiger partial charge on any atom is -0.382 e. The van der Waals surface area contributed by atoms with Gasteiger partial charge in [-0.15, -0.1) is 0 Å². The van der Waals surface area contributed by atoms with E-state index < -0.39 is 0 Å². The van der Waals surface area contributed by atoms with Crippen molar-refractivity contribution in [1.82, 2.24) is 10.6 Å². The lowest BCUT2D eigenvalue weighted by Gasteiger charge is -2.14. The van der Waals surface area contributed by atoms with Gasteiger partial charge in [0.2, 0.25) is 0 Å². The van der Waals surface area contributed by atoms with Crippen LogP contribution in [0.15, 0.2) is 23.2 Å². The van der Waals surface area contributed by atoms with E-state index in [9.17, 15) is 4.39 Å². The Morgan fingerprint density at radius 1 is 1.21 bits per heavy atom. The van der Waals surface area contributed by atoms with Crippen molar-refractivity contribution in [1.29, 1.82) is 0 Å². The van der Waals surface area contributed by atoms with E-state index in [4.69, 9.17) is 4.74 Å². The molecule has 0 heterocycles. The first kappa shape index (κ1) is 20.2. The fourth-order valence-electron chi connectivity index (χ4n) is 2.20. The highest BCUT2D eigenvalue weighted by molar-refractivity contribution is 5.79. The van der Waals surface area contributed by atoms with E-state index in [1.165, 1.54) is 0 Å². The summed E-state index contributed by atoms with van der Waals surface area (Å²) < 4.78 is 19.3. The van der Waals surface area contributed by atoms with Gasteiger partial charge >= 0.3 is 0 Å². The fraction of sp³-hybridized carbons (Fsp3) is 0.611. The molecule has 0 aliphatic heterocycles. The van der Waals surface area contributed by atoms with Crippen LogP contribution in [0.3, 0.4) is 0 Å². The number of hydrogen-bond donors (Lipinski definition) is 2. The smallest absolute Gasteiger partial charge is 0.191 e. The van der Waals surface area contributed by atoms with E-state index in [1.807, 2.05) is 34.0 Å². The molecule has 1 aromatic carbocycles. The minimum atomic E-state index is -0.221. The highest BCUT2D eigenvalue weighted by atomic mass is 19.1. The van der Waals surface area contributed by atoms with Gasteiger partial charge in [0.1, 0.15) is 5.82 Å². The number of anilines is 1. The normalized spacial score (nSPS) is 11.5. The molecule has 0 saturated carbocycles. The summed E-state index contributed by atoms with van der Waals surface area (Å²) in [5.41, 5.74) is 1.44. The lowest BCUT2D eigenvalue weighted by atomic mass is 10.2. The number of nitrogens with one attached hydrogen (secondary N) is 2. The predicted molar refractivity (Wildman–Crippen MR) is 99.3 cm³/mol. The largest absolute Gasteiger partial charge is 0.382 e. The minimum absolute atomic E-state index is 0.221. The van der Waals surface area contributed by atoms with Gasteiger partial charge in [-0.2, -0.15) is 0 Å². The molecule has 24 heavy (non-hydrogen) atoms. The Morgan fingerprint density at radius 2 is 2.00 bits per heavy atom. The molecule has 0 aromatic heterocycles. The fourth-order valence-corrected chi connectivity index (χ4v) is 2.20. The van der Waals surface area contributed by atoms with E-state index in [0.29, 0.717) is 12.2 Å². The molecular formula is C18H31FN4O. The van der Waals surface area contributed by atoms with Crippen molar-refractivity contribution in [2.24, 2.45) is 4.99 Å². The summed E-state index contributed by atoms with van der Waals surface area (Å²) in [4.78, 5) is 6.28. The van der Waals surface area contributed by atoms with Gasteiger partial charge in [-0.25, -0.2) is 9.38 Å².